The summed E-state index contributed by atoms with van der Waals surface area (Å²) in [5.41, 5.74) is 0.414. The van der Waals surface area contributed by atoms with Crippen LogP contribution in [-0.2, 0) is 11.2 Å². The van der Waals surface area contributed by atoms with Crippen molar-refractivity contribution in [2.24, 2.45) is 0 Å². The number of aromatic nitrogens is 1. The number of rotatable bonds is 2. The summed E-state index contributed by atoms with van der Waals surface area (Å²) in [5.74, 6) is -1.15. The Hall–Kier alpha value is -0.493. The maximum Gasteiger partial charge on any atom is 1.00 e. The van der Waals surface area contributed by atoms with Crippen molar-refractivity contribution >= 4 is 17.6 Å². The van der Waals surface area contributed by atoms with Gasteiger partial charge < -0.3 is 9.90 Å². The van der Waals surface area contributed by atoms with E-state index in [2.05, 4.69) is 4.98 Å². The number of pyridine rings is 1. The molecule has 0 N–H and O–H groups in total. The number of carboxylic acids is 1. The Morgan fingerprint density at radius 3 is 2.75 bits per heavy atom. The van der Waals surface area contributed by atoms with Crippen LogP contribution in [0.3, 0.4) is 0 Å². The molecule has 5 heteroatoms. The molecule has 0 aliphatic rings. The van der Waals surface area contributed by atoms with Crippen LogP contribution >= 0.6 is 11.6 Å². The molecule has 0 fully saturated rings. The third kappa shape index (κ3) is 3.77. The number of carbonyl (C=O) groups excluding carboxylic acids is 1. The van der Waals surface area contributed by atoms with Crippen molar-refractivity contribution in [1.82, 2.24) is 4.98 Å². The molecule has 0 aromatic carbocycles. The first-order valence-electron chi connectivity index (χ1n) is 3.00. The number of aliphatic carboxylic acids is 1. The summed E-state index contributed by atoms with van der Waals surface area (Å²) in [6.45, 7) is 0. The van der Waals surface area contributed by atoms with E-state index in [1.165, 1.54) is 0 Å². The standard InChI is InChI=1S/C7H6ClNO2.Li/c8-6-3-1-2-5(9-6)4-7(10)11;/h1-3H,4H2,(H,10,11);/q;+1/p-1. The van der Waals surface area contributed by atoms with Crippen LogP contribution in [0.2, 0.25) is 5.15 Å². The summed E-state index contributed by atoms with van der Waals surface area (Å²) >= 11 is 5.50. The van der Waals surface area contributed by atoms with Crippen molar-refractivity contribution in [3.8, 4) is 0 Å². The fourth-order valence-electron chi connectivity index (χ4n) is 0.697. The van der Waals surface area contributed by atoms with Gasteiger partial charge >= 0.3 is 18.9 Å². The van der Waals surface area contributed by atoms with Crippen LogP contribution in [0.1, 0.15) is 5.69 Å². The van der Waals surface area contributed by atoms with Crippen LogP contribution in [-0.4, -0.2) is 11.0 Å². The summed E-state index contributed by atoms with van der Waals surface area (Å²) in [7, 11) is 0. The molecule has 0 aliphatic heterocycles. The van der Waals surface area contributed by atoms with E-state index in [0.717, 1.165) is 0 Å². The van der Waals surface area contributed by atoms with Crippen molar-refractivity contribution in [2.75, 3.05) is 0 Å². The molecule has 0 saturated heterocycles. The summed E-state index contributed by atoms with van der Waals surface area (Å²) < 4.78 is 0. The largest absolute Gasteiger partial charge is 1.00 e. The summed E-state index contributed by atoms with van der Waals surface area (Å²) in [5, 5.41) is 10.4. The predicted octanol–water partition coefficient (Wildman–Crippen LogP) is -2.97. The molecule has 1 aromatic rings. The van der Waals surface area contributed by atoms with E-state index in [0.29, 0.717) is 10.8 Å². The Morgan fingerprint density at radius 1 is 1.58 bits per heavy atom. The Labute approximate surface area is 86.9 Å². The minimum Gasteiger partial charge on any atom is -0.550 e. The quantitative estimate of drug-likeness (QED) is 0.358. The number of carboxylic acid groups (broad SMARTS) is 1. The number of halogens is 1. The number of hydrogen-bond acceptors (Lipinski definition) is 3. The number of nitrogens with zero attached hydrogens (tertiary/aromatic N) is 1. The molecule has 0 radical (unpaired) electrons. The fourth-order valence-corrected chi connectivity index (χ4v) is 0.878. The Kier molecular flexibility index (Phi) is 4.99. The maximum absolute atomic E-state index is 10.1. The molecule has 0 unspecified atom stereocenters. The zero-order valence-corrected chi connectivity index (χ0v) is 7.34. The molecule has 58 valence electrons. The monoisotopic (exact) mass is 177 g/mol. The first-order chi connectivity index (χ1) is 5.18. The van der Waals surface area contributed by atoms with Gasteiger partial charge in [0.15, 0.2) is 0 Å². The van der Waals surface area contributed by atoms with Gasteiger partial charge in [-0.1, -0.05) is 17.7 Å². The summed E-state index contributed by atoms with van der Waals surface area (Å²) in [4.78, 5) is 13.8. The van der Waals surface area contributed by atoms with E-state index in [9.17, 15) is 9.90 Å². The minimum atomic E-state index is -1.15. The molecular weight excluding hydrogens is 172 g/mol. The van der Waals surface area contributed by atoms with Gasteiger partial charge in [0, 0.05) is 18.1 Å². The molecule has 1 rings (SSSR count). The molecule has 3 nitrogen and oxygen atoms in total. The Morgan fingerprint density at radius 2 is 2.25 bits per heavy atom. The second-order valence-corrected chi connectivity index (χ2v) is 2.39. The zero-order valence-electron chi connectivity index (χ0n) is 6.58. The van der Waals surface area contributed by atoms with E-state index in [1.54, 1.807) is 18.2 Å². The van der Waals surface area contributed by atoms with Gasteiger partial charge in [-0.3, -0.25) is 0 Å². The topological polar surface area (TPSA) is 53.0 Å². The predicted molar refractivity (Wildman–Crippen MR) is 38.0 cm³/mol. The van der Waals surface area contributed by atoms with Gasteiger partial charge in [0.2, 0.25) is 0 Å². The molecule has 0 amide bonds. The fraction of sp³-hybridized carbons (Fsp3) is 0.143. The van der Waals surface area contributed by atoms with Crippen LogP contribution in [0.25, 0.3) is 0 Å². The van der Waals surface area contributed by atoms with E-state index in [4.69, 9.17) is 11.6 Å². The zero-order chi connectivity index (χ0) is 8.27. The molecule has 0 aliphatic carbocycles. The summed E-state index contributed by atoms with van der Waals surface area (Å²) in [6, 6.07) is 4.82. The average molecular weight is 178 g/mol. The smallest absolute Gasteiger partial charge is 0.550 e. The first-order valence-corrected chi connectivity index (χ1v) is 3.37. The third-order valence-corrected chi connectivity index (χ3v) is 1.31. The van der Waals surface area contributed by atoms with Crippen LogP contribution in [0.15, 0.2) is 18.2 Å². The van der Waals surface area contributed by atoms with Crippen LogP contribution in [0.4, 0.5) is 0 Å². The van der Waals surface area contributed by atoms with Crippen molar-refractivity contribution in [2.45, 2.75) is 6.42 Å². The third-order valence-electron chi connectivity index (χ3n) is 1.10. The molecule has 0 saturated carbocycles. The van der Waals surface area contributed by atoms with Crippen LogP contribution < -0.4 is 24.0 Å². The van der Waals surface area contributed by atoms with Gasteiger partial charge in [0.05, 0.1) is 0 Å². The molecule has 1 heterocycles. The average Bonchev–Trinajstić information content (AvgIpc) is 1.85. The Bertz CT molecular complexity index is 280. The Balaban J connectivity index is 0.00000121. The number of carbonyl (C=O) groups is 1. The van der Waals surface area contributed by atoms with Gasteiger partial charge in [-0.05, 0) is 12.1 Å². The minimum absolute atomic E-state index is 0. The molecule has 1 aromatic heterocycles. The summed E-state index contributed by atoms with van der Waals surface area (Å²) in [6.07, 6.45) is -0.194. The van der Waals surface area contributed by atoms with E-state index in [1.807, 2.05) is 0 Å². The van der Waals surface area contributed by atoms with Crippen LogP contribution in [0.5, 0.6) is 0 Å². The van der Waals surface area contributed by atoms with Crippen molar-refractivity contribution in [1.29, 1.82) is 0 Å². The van der Waals surface area contributed by atoms with Gasteiger partial charge in [-0.15, -0.1) is 0 Å². The van der Waals surface area contributed by atoms with Gasteiger partial charge in [0.25, 0.3) is 0 Å². The second-order valence-electron chi connectivity index (χ2n) is 2.00. The van der Waals surface area contributed by atoms with Crippen LogP contribution in [0, 0.1) is 0 Å². The molecule has 0 bridgehead atoms. The first kappa shape index (κ1) is 11.5. The normalized spacial score (nSPS) is 8.75. The number of hydrogen-bond donors (Lipinski definition) is 0. The van der Waals surface area contributed by atoms with Crippen molar-refractivity contribution in [3.05, 3.63) is 29.0 Å². The molecular formula is C7H5ClLiNO2. The van der Waals surface area contributed by atoms with E-state index < -0.39 is 5.97 Å². The van der Waals surface area contributed by atoms with Gasteiger partial charge in [0.1, 0.15) is 5.15 Å². The maximum atomic E-state index is 10.1. The second kappa shape index (κ2) is 5.21. The van der Waals surface area contributed by atoms with E-state index >= 15 is 0 Å². The van der Waals surface area contributed by atoms with Gasteiger partial charge in [-0.25, -0.2) is 4.98 Å². The molecule has 12 heavy (non-hydrogen) atoms. The van der Waals surface area contributed by atoms with Gasteiger partial charge in [-0.2, -0.15) is 0 Å². The molecule has 0 atom stereocenters. The van der Waals surface area contributed by atoms with Crippen molar-refractivity contribution < 1.29 is 28.8 Å². The van der Waals surface area contributed by atoms with E-state index in [-0.39, 0.29) is 25.3 Å². The molecule has 0 spiro atoms. The SMILES string of the molecule is O=C([O-])Cc1cccc(Cl)n1.[Li+]. The van der Waals surface area contributed by atoms with Crippen molar-refractivity contribution in [3.63, 3.8) is 0 Å².